The van der Waals surface area contributed by atoms with E-state index in [0.717, 1.165) is 33.9 Å². The largest absolute Gasteiger partial charge is 0.382 e. The second-order valence-corrected chi connectivity index (χ2v) is 7.01. The van der Waals surface area contributed by atoms with E-state index in [4.69, 9.17) is 5.73 Å². The molecule has 28 heavy (non-hydrogen) atoms. The van der Waals surface area contributed by atoms with Gasteiger partial charge in [0.05, 0.1) is 16.0 Å². The summed E-state index contributed by atoms with van der Waals surface area (Å²) >= 11 is 1.04. The number of fused-ring (bicyclic) bond motifs is 1. The highest BCUT2D eigenvalue weighted by Gasteiger charge is 2.25. The average Bonchev–Trinajstić information content (AvgIpc) is 3.22. The lowest BCUT2D eigenvalue weighted by molar-refractivity contribution is -0.385. The molecule has 2 aromatic carbocycles. The molecule has 140 valence electrons. The van der Waals surface area contributed by atoms with Crippen molar-refractivity contribution in [2.24, 2.45) is 0 Å². The Morgan fingerprint density at radius 2 is 2.04 bits per heavy atom. The van der Waals surface area contributed by atoms with Crippen molar-refractivity contribution in [2.75, 3.05) is 11.1 Å². The number of nitrogens with two attached hydrogens (primary N) is 1. The number of benzene rings is 2. The molecular formula is C18H14N6O3S. The van der Waals surface area contributed by atoms with Crippen LogP contribution < -0.4 is 11.1 Å². The quantitative estimate of drug-likeness (QED) is 0.266. The number of nitro groups is 1. The second kappa shape index (κ2) is 6.74. The van der Waals surface area contributed by atoms with Gasteiger partial charge in [0.1, 0.15) is 22.1 Å². The molecule has 2 heterocycles. The molecule has 0 amide bonds. The van der Waals surface area contributed by atoms with Gasteiger partial charge in [-0.2, -0.15) is 0 Å². The van der Waals surface area contributed by atoms with E-state index in [1.54, 1.807) is 6.07 Å². The van der Waals surface area contributed by atoms with Crippen LogP contribution in [0.1, 0.15) is 21.1 Å². The van der Waals surface area contributed by atoms with Crippen LogP contribution in [0.5, 0.6) is 0 Å². The van der Waals surface area contributed by atoms with Gasteiger partial charge in [0.2, 0.25) is 5.78 Å². The Kier molecular flexibility index (Phi) is 4.24. The number of carbonyl (C=O) groups is 1. The normalized spacial score (nSPS) is 10.9. The van der Waals surface area contributed by atoms with Crippen molar-refractivity contribution in [3.8, 4) is 0 Å². The van der Waals surface area contributed by atoms with E-state index < -0.39 is 10.7 Å². The number of nitrogens with one attached hydrogen (secondary N) is 2. The topological polar surface area (TPSA) is 140 Å². The first-order chi connectivity index (χ1) is 13.4. The fourth-order valence-corrected chi connectivity index (χ4v) is 3.69. The number of carbonyl (C=O) groups excluding carboxylic acids is 1. The van der Waals surface area contributed by atoms with Crippen LogP contribution in [0, 0.1) is 17.0 Å². The third-order valence-electron chi connectivity index (χ3n) is 4.06. The Morgan fingerprint density at radius 3 is 2.82 bits per heavy atom. The minimum absolute atomic E-state index is 0.0223. The molecule has 0 aliphatic heterocycles. The molecule has 0 radical (unpaired) electrons. The van der Waals surface area contributed by atoms with Crippen molar-refractivity contribution >= 4 is 50.5 Å². The average molecular weight is 394 g/mol. The summed E-state index contributed by atoms with van der Waals surface area (Å²) < 4.78 is 0. The molecule has 0 atom stereocenters. The van der Waals surface area contributed by atoms with Crippen LogP contribution in [0.25, 0.3) is 11.0 Å². The predicted molar refractivity (Wildman–Crippen MR) is 107 cm³/mol. The van der Waals surface area contributed by atoms with Crippen LogP contribution in [0.3, 0.4) is 0 Å². The third-order valence-corrected chi connectivity index (χ3v) is 5.04. The summed E-state index contributed by atoms with van der Waals surface area (Å²) in [4.78, 5) is 35.2. The van der Waals surface area contributed by atoms with Gasteiger partial charge in [0.25, 0.3) is 5.69 Å². The van der Waals surface area contributed by atoms with Gasteiger partial charge < -0.3 is 16.0 Å². The summed E-state index contributed by atoms with van der Waals surface area (Å²) in [5.41, 5.74) is 8.06. The molecule has 4 rings (SSSR count). The lowest BCUT2D eigenvalue weighted by atomic mass is 10.1. The highest BCUT2D eigenvalue weighted by atomic mass is 32.1. The molecular weight excluding hydrogens is 380 g/mol. The third kappa shape index (κ3) is 3.16. The fourth-order valence-electron chi connectivity index (χ4n) is 2.83. The van der Waals surface area contributed by atoms with Crippen LogP contribution in [-0.4, -0.2) is 25.7 Å². The summed E-state index contributed by atoms with van der Waals surface area (Å²) in [6.07, 6.45) is 0. The minimum Gasteiger partial charge on any atom is -0.382 e. The zero-order chi connectivity index (χ0) is 19.8. The van der Waals surface area contributed by atoms with E-state index >= 15 is 0 Å². The van der Waals surface area contributed by atoms with E-state index in [2.05, 4.69) is 20.3 Å². The number of aromatic nitrogens is 3. The Hall–Kier alpha value is -3.79. The number of rotatable bonds is 5. The Balaban J connectivity index is 1.64. The number of para-hydroxylation sites is 1. The maximum Gasteiger partial charge on any atom is 0.280 e. The summed E-state index contributed by atoms with van der Waals surface area (Å²) in [7, 11) is 0. The number of anilines is 3. The van der Waals surface area contributed by atoms with Gasteiger partial charge in [-0.3, -0.25) is 14.9 Å². The number of nitrogens with zero attached hydrogens (tertiary/aromatic N) is 3. The van der Waals surface area contributed by atoms with Crippen molar-refractivity contribution in [2.45, 2.75) is 6.92 Å². The molecule has 2 aromatic heterocycles. The molecule has 0 unspecified atom stereocenters. The van der Waals surface area contributed by atoms with Crippen LogP contribution in [0.15, 0.2) is 42.5 Å². The number of thiazole rings is 1. The van der Waals surface area contributed by atoms with E-state index in [-0.39, 0.29) is 21.9 Å². The number of hydrogen-bond acceptors (Lipinski definition) is 8. The van der Waals surface area contributed by atoms with Crippen LogP contribution in [0.4, 0.5) is 22.3 Å². The number of nitrogen functional groups attached to an aromatic ring is 1. The lowest BCUT2D eigenvalue weighted by Crippen LogP contribution is -2.06. The van der Waals surface area contributed by atoms with Crippen LogP contribution in [0.2, 0.25) is 0 Å². The van der Waals surface area contributed by atoms with Crippen molar-refractivity contribution in [3.63, 3.8) is 0 Å². The number of hydrogen-bond donors (Lipinski definition) is 3. The monoisotopic (exact) mass is 394 g/mol. The van der Waals surface area contributed by atoms with E-state index in [9.17, 15) is 14.9 Å². The van der Waals surface area contributed by atoms with Crippen molar-refractivity contribution in [1.82, 2.24) is 15.0 Å². The summed E-state index contributed by atoms with van der Waals surface area (Å²) in [5, 5.41) is 14.7. The smallest absolute Gasteiger partial charge is 0.280 e. The van der Waals surface area contributed by atoms with Gasteiger partial charge in [-0.05, 0) is 31.2 Å². The van der Waals surface area contributed by atoms with E-state index in [1.807, 2.05) is 25.1 Å². The van der Waals surface area contributed by atoms with Gasteiger partial charge in [-0.25, -0.2) is 9.97 Å². The molecule has 0 saturated carbocycles. The summed E-state index contributed by atoms with van der Waals surface area (Å²) in [5.74, 6) is 0.298. The Bertz CT molecular complexity index is 1230. The number of nitro benzene ring substituents is 1. The minimum atomic E-state index is -0.592. The zero-order valence-electron chi connectivity index (χ0n) is 14.6. The molecule has 4 aromatic rings. The maximum atomic E-state index is 12.8. The number of ketones is 1. The first kappa shape index (κ1) is 17.6. The van der Waals surface area contributed by atoms with Gasteiger partial charge in [-0.1, -0.05) is 23.5 Å². The summed E-state index contributed by atoms with van der Waals surface area (Å²) in [6.45, 7) is 1.87. The molecule has 4 N–H and O–H groups in total. The molecule has 10 heteroatoms. The first-order valence-corrected chi connectivity index (χ1v) is 9.02. The molecule has 0 fully saturated rings. The van der Waals surface area contributed by atoms with E-state index in [1.165, 1.54) is 18.2 Å². The van der Waals surface area contributed by atoms with Gasteiger partial charge in [-0.15, -0.1) is 0 Å². The first-order valence-electron chi connectivity index (χ1n) is 8.20. The number of aromatic amines is 1. The maximum absolute atomic E-state index is 12.8. The van der Waals surface area contributed by atoms with Crippen LogP contribution in [-0.2, 0) is 0 Å². The van der Waals surface area contributed by atoms with Gasteiger partial charge in [0, 0.05) is 11.8 Å². The number of aryl methyl sites for hydroxylation is 1. The zero-order valence-corrected chi connectivity index (χ0v) is 15.4. The molecule has 0 aliphatic carbocycles. The van der Waals surface area contributed by atoms with Crippen molar-refractivity contribution in [1.29, 1.82) is 0 Å². The highest BCUT2D eigenvalue weighted by Crippen LogP contribution is 2.32. The lowest BCUT2D eigenvalue weighted by Gasteiger charge is -2.02. The predicted octanol–water partition coefficient (Wildman–Crippen LogP) is 3.79. The molecule has 9 nitrogen and oxygen atoms in total. The molecule has 0 saturated heterocycles. The van der Waals surface area contributed by atoms with E-state index in [0.29, 0.717) is 5.13 Å². The van der Waals surface area contributed by atoms with Crippen molar-refractivity contribution < 1.29 is 9.72 Å². The van der Waals surface area contributed by atoms with Crippen molar-refractivity contribution in [3.05, 3.63) is 68.8 Å². The standard InChI is InChI=1S/C18H14N6O3S/c1-9-20-12-7-6-10(8-13(12)21-9)22-18-23-17(19)16(28-18)15(25)11-4-2-3-5-14(11)24(26)27/h2-8H,19H2,1H3,(H,20,21)(H,22,23). The summed E-state index contributed by atoms with van der Waals surface area (Å²) in [6, 6.07) is 11.3. The van der Waals surface area contributed by atoms with Gasteiger partial charge >= 0.3 is 0 Å². The number of H-pyrrole nitrogens is 1. The fraction of sp³-hybridized carbons (Fsp3) is 0.0556. The molecule has 0 bridgehead atoms. The van der Waals surface area contributed by atoms with Gasteiger partial charge in [0.15, 0.2) is 5.13 Å². The highest BCUT2D eigenvalue weighted by molar-refractivity contribution is 7.18. The van der Waals surface area contributed by atoms with Crippen LogP contribution >= 0.6 is 11.3 Å². The Labute approximate surface area is 162 Å². The molecule has 0 aliphatic rings. The molecule has 0 spiro atoms. The SMILES string of the molecule is Cc1nc2ccc(Nc3nc(N)c(C(=O)c4ccccc4[N+](=O)[O-])s3)cc2[nH]1. The second-order valence-electron chi connectivity index (χ2n) is 6.02. The number of imidazole rings is 1. The Morgan fingerprint density at radius 1 is 1.25 bits per heavy atom.